The molecule has 7 heteroatoms. The van der Waals surface area contributed by atoms with E-state index in [1.165, 1.54) is 0 Å². The van der Waals surface area contributed by atoms with Crippen LogP contribution in [0.3, 0.4) is 0 Å². The molecule has 1 aliphatic rings. The summed E-state index contributed by atoms with van der Waals surface area (Å²) < 4.78 is 5.91. The molecule has 1 heterocycles. The number of nitrogens with one attached hydrogen (secondary N) is 3. The van der Waals surface area contributed by atoms with E-state index in [2.05, 4.69) is 16.0 Å². The normalized spacial score (nSPS) is 15.7. The van der Waals surface area contributed by atoms with E-state index < -0.39 is 6.04 Å². The van der Waals surface area contributed by atoms with Gasteiger partial charge < -0.3 is 20.7 Å². The first-order valence-electron chi connectivity index (χ1n) is 9.67. The molecule has 4 rings (SSSR count). The molecule has 0 saturated heterocycles. The van der Waals surface area contributed by atoms with Gasteiger partial charge in [0.25, 0.3) is 5.91 Å². The topological polar surface area (TPSA) is 79.5 Å². The van der Waals surface area contributed by atoms with Crippen LogP contribution in [0, 0.1) is 0 Å². The highest BCUT2D eigenvalue weighted by molar-refractivity contribution is 6.30. The van der Waals surface area contributed by atoms with Crippen molar-refractivity contribution in [1.82, 2.24) is 10.6 Å². The predicted molar refractivity (Wildman–Crippen MR) is 120 cm³/mol. The Bertz CT molecular complexity index is 1140. The lowest BCUT2D eigenvalue weighted by Gasteiger charge is -2.29. The van der Waals surface area contributed by atoms with E-state index in [1.54, 1.807) is 55.5 Å². The van der Waals surface area contributed by atoms with Gasteiger partial charge in [-0.2, -0.15) is 0 Å². The van der Waals surface area contributed by atoms with Gasteiger partial charge >= 0.3 is 6.03 Å². The lowest BCUT2D eigenvalue weighted by molar-refractivity contribution is -0.113. The zero-order valence-electron chi connectivity index (χ0n) is 16.7. The maximum atomic E-state index is 13.1. The smallest absolute Gasteiger partial charge is 0.319 e. The summed E-state index contributed by atoms with van der Waals surface area (Å²) in [5, 5.41) is 9.02. The summed E-state index contributed by atoms with van der Waals surface area (Å²) in [5.74, 6) is 0.906. The number of halogens is 1. The number of ether oxygens (including phenoxy) is 1. The Labute approximate surface area is 184 Å². The van der Waals surface area contributed by atoms with Gasteiger partial charge in [-0.05, 0) is 61.0 Å². The number of allylic oxidation sites excluding steroid dienone is 1. The van der Waals surface area contributed by atoms with Crippen LogP contribution in [0.5, 0.6) is 11.5 Å². The largest absolute Gasteiger partial charge is 0.457 e. The molecule has 0 spiro atoms. The van der Waals surface area contributed by atoms with Gasteiger partial charge in [0.1, 0.15) is 11.5 Å². The fraction of sp³-hybridized carbons (Fsp3) is 0.0833. The van der Waals surface area contributed by atoms with E-state index in [-0.39, 0.29) is 11.9 Å². The maximum Gasteiger partial charge on any atom is 0.319 e. The Kier molecular flexibility index (Phi) is 5.91. The molecule has 0 aromatic heterocycles. The first kappa shape index (κ1) is 20.5. The van der Waals surface area contributed by atoms with Crippen LogP contribution in [0.4, 0.5) is 10.5 Å². The Morgan fingerprint density at radius 1 is 0.968 bits per heavy atom. The van der Waals surface area contributed by atoms with E-state index in [9.17, 15) is 9.59 Å². The molecule has 0 bridgehead atoms. The maximum absolute atomic E-state index is 13.1. The van der Waals surface area contributed by atoms with Crippen LogP contribution >= 0.6 is 11.6 Å². The van der Waals surface area contributed by atoms with Crippen molar-refractivity contribution in [3.8, 4) is 11.5 Å². The average molecular weight is 434 g/mol. The molecule has 3 aromatic carbocycles. The molecule has 0 fully saturated rings. The van der Waals surface area contributed by atoms with Crippen LogP contribution in [0.15, 0.2) is 90.1 Å². The summed E-state index contributed by atoms with van der Waals surface area (Å²) >= 11 is 5.93. The van der Waals surface area contributed by atoms with Crippen molar-refractivity contribution in [3.63, 3.8) is 0 Å². The van der Waals surface area contributed by atoms with Gasteiger partial charge in [0.05, 0.1) is 11.6 Å². The third kappa shape index (κ3) is 4.87. The summed E-state index contributed by atoms with van der Waals surface area (Å²) in [6.07, 6.45) is 0. The second-order valence-corrected chi connectivity index (χ2v) is 7.46. The standard InChI is InChI=1S/C24H20ClN3O3/c1-15-21(23(29)27-18-7-3-2-4-8-18)22(28-24(30)26-15)16-6-5-9-20(14-16)31-19-12-10-17(25)11-13-19/h2-14,22H,1H3,(H,27,29)(H2,26,28,30). The van der Waals surface area contributed by atoms with E-state index in [0.717, 1.165) is 5.56 Å². The van der Waals surface area contributed by atoms with E-state index in [4.69, 9.17) is 16.3 Å². The highest BCUT2D eigenvalue weighted by Gasteiger charge is 2.31. The molecule has 3 amide bonds. The minimum Gasteiger partial charge on any atom is -0.457 e. The van der Waals surface area contributed by atoms with Crippen LogP contribution in [0.1, 0.15) is 18.5 Å². The molecule has 0 aliphatic carbocycles. The molecular formula is C24H20ClN3O3. The average Bonchev–Trinajstić information content (AvgIpc) is 2.75. The van der Waals surface area contributed by atoms with Gasteiger partial charge in [-0.1, -0.05) is 41.9 Å². The summed E-state index contributed by atoms with van der Waals surface area (Å²) in [6, 6.07) is 22.4. The minimum absolute atomic E-state index is 0.301. The van der Waals surface area contributed by atoms with Crippen molar-refractivity contribution in [1.29, 1.82) is 0 Å². The predicted octanol–water partition coefficient (Wildman–Crippen LogP) is 5.40. The summed E-state index contributed by atoms with van der Waals surface area (Å²) in [7, 11) is 0. The van der Waals surface area contributed by atoms with Crippen molar-refractivity contribution in [3.05, 3.63) is 101 Å². The van der Waals surface area contributed by atoms with Gasteiger partial charge in [-0.15, -0.1) is 0 Å². The van der Waals surface area contributed by atoms with Gasteiger partial charge in [0.2, 0.25) is 0 Å². The molecule has 1 unspecified atom stereocenters. The first-order chi connectivity index (χ1) is 15.0. The number of carbonyl (C=O) groups is 2. The molecule has 1 aliphatic heterocycles. The van der Waals surface area contributed by atoms with Crippen LogP contribution < -0.4 is 20.7 Å². The minimum atomic E-state index is -0.633. The van der Waals surface area contributed by atoms with Crippen LogP contribution in [0.25, 0.3) is 0 Å². The second kappa shape index (κ2) is 8.93. The second-order valence-electron chi connectivity index (χ2n) is 7.02. The zero-order valence-corrected chi connectivity index (χ0v) is 17.4. The molecule has 1 atom stereocenters. The molecule has 0 saturated carbocycles. The van der Waals surface area contributed by atoms with Crippen molar-refractivity contribution in [2.24, 2.45) is 0 Å². The van der Waals surface area contributed by atoms with Gasteiger partial charge in [0, 0.05) is 16.4 Å². The molecule has 6 nitrogen and oxygen atoms in total. The lowest BCUT2D eigenvalue weighted by atomic mass is 9.94. The third-order valence-corrected chi connectivity index (χ3v) is 5.04. The van der Waals surface area contributed by atoms with Gasteiger partial charge in [-0.3, -0.25) is 4.79 Å². The highest BCUT2D eigenvalue weighted by atomic mass is 35.5. The number of hydrogen-bond acceptors (Lipinski definition) is 3. The highest BCUT2D eigenvalue weighted by Crippen LogP contribution is 2.31. The van der Waals surface area contributed by atoms with Crippen molar-refractivity contribution in [2.75, 3.05) is 5.32 Å². The lowest BCUT2D eigenvalue weighted by Crippen LogP contribution is -2.45. The molecule has 3 aromatic rings. The number of hydrogen-bond donors (Lipinski definition) is 3. The molecule has 31 heavy (non-hydrogen) atoms. The Balaban J connectivity index is 1.63. The Morgan fingerprint density at radius 2 is 1.71 bits per heavy atom. The molecule has 3 N–H and O–H groups in total. The fourth-order valence-corrected chi connectivity index (χ4v) is 3.49. The number of benzene rings is 3. The Morgan fingerprint density at radius 3 is 2.45 bits per heavy atom. The van der Waals surface area contributed by atoms with Gasteiger partial charge in [-0.25, -0.2) is 4.79 Å². The SMILES string of the molecule is CC1=C(C(=O)Nc2ccccc2)C(c2cccc(Oc3ccc(Cl)cc3)c2)NC(=O)N1. The van der Waals surface area contributed by atoms with Crippen LogP contribution in [-0.4, -0.2) is 11.9 Å². The number of urea groups is 1. The summed E-state index contributed by atoms with van der Waals surface area (Å²) in [4.78, 5) is 25.2. The van der Waals surface area contributed by atoms with Crippen molar-refractivity contribution < 1.29 is 14.3 Å². The van der Waals surface area contributed by atoms with Crippen LogP contribution in [0.2, 0.25) is 5.02 Å². The van der Waals surface area contributed by atoms with E-state index in [0.29, 0.717) is 33.5 Å². The fourth-order valence-electron chi connectivity index (χ4n) is 3.36. The molecular weight excluding hydrogens is 414 g/mol. The van der Waals surface area contributed by atoms with Crippen LogP contribution in [-0.2, 0) is 4.79 Å². The van der Waals surface area contributed by atoms with E-state index in [1.807, 2.05) is 30.3 Å². The van der Waals surface area contributed by atoms with Gasteiger partial charge in [0.15, 0.2) is 0 Å². The Hall–Kier alpha value is -3.77. The van der Waals surface area contributed by atoms with Crippen molar-refractivity contribution in [2.45, 2.75) is 13.0 Å². The molecule has 156 valence electrons. The van der Waals surface area contributed by atoms with Crippen molar-refractivity contribution >= 4 is 29.2 Å². The summed E-state index contributed by atoms with van der Waals surface area (Å²) in [6.45, 7) is 1.71. The number of carbonyl (C=O) groups excluding carboxylic acids is 2. The monoisotopic (exact) mass is 433 g/mol. The molecule has 0 radical (unpaired) electrons. The third-order valence-electron chi connectivity index (χ3n) is 4.79. The number of para-hydroxylation sites is 1. The zero-order chi connectivity index (χ0) is 21.8. The number of rotatable bonds is 5. The first-order valence-corrected chi connectivity index (χ1v) is 10.1. The van der Waals surface area contributed by atoms with E-state index >= 15 is 0 Å². The number of amides is 3. The number of anilines is 1. The summed E-state index contributed by atoms with van der Waals surface area (Å²) in [5.41, 5.74) is 2.31. The quantitative estimate of drug-likeness (QED) is 0.504.